The molecule has 5 N–H and O–H groups in total. The average molecular weight is 277 g/mol. The fourth-order valence-corrected chi connectivity index (χ4v) is 0.501. The molecule has 0 saturated carbocycles. The molecular formula is C9H19FeNO5. The molecule has 0 aliphatic rings. The van der Waals surface area contributed by atoms with E-state index in [2.05, 4.69) is 0 Å². The largest absolute Gasteiger partial charge is 0.394 e. The van der Waals surface area contributed by atoms with Crippen LogP contribution in [0.15, 0.2) is 0 Å². The maximum absolute atomic E-state index is 10.0. The van der Waals surface area contributed by atoms with Crippen molar-refractivity contribution in [3.8, 4) is 0 Å². The average Bonchev–Trinajstić information content (AvgIpc) is 2.15. The van der Waals surface area contributed by atoms with E-state index >= 15 is 0 Å². The summed E-state index contributed by atoms with van der Waals surface area (Å²) in [5, 5.41) is 25.0. The number of aliphatic hydroxyl groups is 3. The third kappa shape index (κ3) is 13.7. The molecule has 0 aromatic carbocycles. The summed E-state index contributed by atoms with van der Waals surface area (Å²) in [7, 11) is 0. The van der Waals surface area contributed by atoms with Gasteiger partial charge in [-0.15, -0.1) is 0 Å². The van der Waals surface area contributed by atoms with Crippen LogP contribution in [0.4, 0.5) is 0 Å². The fourth-order valence-electron chi connectivity index (χ4n) is 0.501. The van der Waals surface area contributed by atoms with Gasteiger partial charge in [-0.1, -0.05) is 0 Å². The maximum Gasteiger partial charge on any atom is 0.137 e. The summed E-state index contributed by atoms with van der Waals surface area (Å²) in [5.41, 5.74) is 3.94. The van der Waals surface area contributed by atoms with Gasteiger partial charge in [0.25, 0.3) is 0 Å². The zero-order chi connectivity index (χ0) is 12.5. The molecule has 0 spiro atoms. The first kappa shape index (κ1) is 21.0. The zero-order valence-corrected chi connectivity index (χ0v) is 10.5. The molecule has 0 aromatic rings. The summed E-state index contributed by atoms with van der Waals surface area (Å²) in [6.07, 6.45) is 0.0833. The van der Waals surface area contributed by atoms with Crippen LogP contribution in [0.1, 0.15) is 20.3 Å². The van der Waals surface area contributed by atoms with Gasteiger partial charge in [0.15, 0.2) is 0 Å². The van der Waals surface area contributed by atoms with Crippen molar-refractivity contribution in [2.75, 3.05) is 19.8 Å². The van der Waals surface area contributed by atoms with E-state index in [-0.39, 0.29) is 35.1 Å². The van der Waals surface area contributed by atoms with Crippen LogP contribution < -0.4 is 5.73 Å². The number of hydrogen-bond acceptors (Lipinski definition) is 6. The van der Waals surface area contributed by atoms with Crippen LogP contribution in [0.5, 0.6) is 0 Å². The first-order chi connectivity index (χ1) is 6.81. The number of hydrogen-bond donors (Lipinski definition) is 4. The van der Waals surface area contributed by atoms with Gasteiger partial charge in [-0.25, -0.2) is 0 Å². The summed E-state index contributed by atoms with van der Waals surface area (Å²) >= 11 is 0. The smallest absolute Gasteiger partial charge is 0.137 e. The SMILES string of the molecule is CC(=O)CC(C)=O.NC(CO)(CO)CO.[Fe]. The van der Waals surface area contributed by atoms with E-state index in [1.807, 2.05) is 0 Å². The van der Waals surface area contributed by atoms with Crippen LogP contribution in [0, 0.1) is 0 Å². The molecule has 98 valence electrons. The number of ketones is 2. The Balaban J connectivity index is -0.000000200. The Bertz CT molecular complexity index is 186. The van der Waals surface area contributed by atoms with Crippen molar-refractivity contribution < 1.29 is 42.0 Å². The summed E-state index contributed by atoms with van der Waals surface area (Å²) in [4.78, 5) is 20.1. The number of Topliss-reactive ketones (excluding diaryl/α,β-unsaturated/α-hetero) is 2. The van der Waals surface area contributed by atoms with Gasteiger partial charge in [-0.3, -0.25) is 9.59 Å². The van der Waals surface area contributed by atoms with Crippen molar-refractivity contribution >= 4 is 11.6 Å². The normalized spacial score (nSPS) is 9.62. The van der Waals surface area contributed by atoms with Crippen molar-refractivity contribution in [2.24, 2.45) is 5.73 Å². The van der Waals surface area contributed by atoms with E-state index < -0.39 is 25.4 Å². The minimum Gasteiger partial charge on any atom is -0.394 e. The molecular weight excluding hydrogens is 258 g/mol. The van der Waals surface area contributed by atoms with Crippen molar-refractivity contribution in [3.63, 3.8) is 0 Å². The molecule has 0 aromatic heterocycles. The molecule has 0 rings (SSSR count). The fraction of sp³-hybridized carbons (Fsp3) is 0.778. The summed E-state index contributed by atoms with van der Waals surface area (Å²) < 4.78 is 0. The number of carbonyl (C=O) groups excluding carboxylic acids is 2. The molecule has 0 radical (unpaired) electrons. The minimum absolute atomic E-state index is 0. The maximum atomic E-state index is 10.0. The second-order valence-corrected chi connectivity index (χ2v) is 3.42. The van der Waals surface area contributed by atoms with Gasteiger partial charge in [-0.05, 0) is 13.8 Å². The molecule has 16 heavy (non-hydrogen) atoms. The molecule has 0 aliphatic heterocycles. The monoisotopic (exact) mass is 277 g/mol. The third-order valence-electron chi connectivity index (χ3n) is 1.44. The third-order valence-corrected chi connectivity index (χ3v) is 1.44. The molecule has 7 heteroatoms. The van der Waals surface area contributed by atoms with E-state index in [4.69, 9.17) is 21.1 Å². The molecule has 0 saturated heterocycles. The van der Waals surface area contributed by atoms with Crippen LogP contribution >= 0.6 is 0 Å². The zero-order valence-electron chi connectivity index (χ0n) is 9.42. The van der Waals surface area contributed by atoms with Gasteiger partial charge < -0.3 is 21.1 Å². The van der Waals surface area contributed by atoms with Crippen molar-refractivity contribution in [2.45, 2.75) is 25.8 Å². The Hall–Kier alpha value is -0.301. The van der Waals surface area contributed by atoms with Crippen molar-refractivity contribution in [1.29, 1.82) is 0 Å². The van der Waals surface area contributed by atoms with Gasteiger partial charge in [-0.2, -0.15) is 0 Å². The van der Waals surface area contributed by atoms with E-state index in [0.29, 0.717) is 0 Å². The van der Waals surface area contributed by atoms with Crippen molar-refractivity contribution in [1.82, 2.24) is 0 Å². The second-order valence-electron chi connectivity index (χ2n) is 3.42. The van der Waals surface area contributed by atoms with Gasteiger partial charge in [0.2, 0.25) is 0 Å². The first-order valence-electron chi connectivity index (χ1n) is 4.41. The van der Waals surface area contributed by atoms with E-state index in [1.54, 1.807) is 0 Å². The summed E-state index contributed by atoms with van der Waals surface area (Å²) in [5.74, 6) is -0.125. The molecule has 0 bridgehead atoms. The van der Waals surface area contributed by atoms with E-state index in [9.17, 15) is 9.59 Å². The Morgan fingerprint density at radius 1 is 1.00 bits per heavy atom. The Labute approximate surface area is 105 Å². The van der Waals surface area contributed by atoms with Crippen molar-refractivity contribution in [3.05, 3.63) is 0 Å². The molecule has 0 aliphatic carbocycles. The standard InChI is InChI=1S/C5H8O2.C4H11NO3.Fe/c1-4(6)3-5(2)7;5-4(1-6,2-7)3-8;/h3H2,1-2H3;6-8H,1-3,5H2;. The van der Waals surface area contributed by atoms with Crippen LogP contribution in [-0.2, 0) is 26.7 Å². The topological polar surface area (TPSA) is 121 Å². The Morgan fingerprint density at radius 2 is 1.25 bits per heavy atom. The van der Waals surface area contributed by atoms with Crippen LogP contribution in [-0.4, -0.2) is 52.2 Å². The predicted octanol–water partition coefficient (Wildman–Crippen LogP) is -1.79. The molecule has 0 atom stereocenters. The minimum atomic E-state index is -1.21. The van der Waals surface area contributed by atoms with Gasteiger partial charge in [0.05, 0.1) is 31.8 Å². The van der Waals surface area contributed by atoms with Gasteiger partial charge in [0.1, 0.15) is 11.6 Å². The second kappa shape index (κ2) is 11.2. The van der Waals surface area contributed by atoms with Crippen LogP contribution in [0.3, 0.4) is 0 Å². The summed E-state index contributed by atoms with van der Waals surface area (Å²) in [6, 6.07) is 0. The predicted molar refractivity (Wildman–Crippen MR) is 54.2 cm³/mol. The molecule has 6 nitrogen and oxygen atoms in total. The van der Waals surface area contributed by atoms with Crippen LogP contribution in [0.25, 0.3) is 0 Å². The molecule has 0 heterocycles. The van der Waals surface area contributed by atoms with Gasteiger partial charge in [0, 0.05) is 17.1 Å². The van der Waals surface area contributed by atoms with Gasteiger partial charge >= 0.3 is 0 Å². The Kier molecular flexibility index (Phi) is 14.7. The number of rotatable bonds is 5. The molecule has 0 unspecified atom stereocenters. The molecule has 0 fully saturated rings. The van der Waals surface area contributed by atoms with Crippen LogP contribution in [0.2, 0.25) is 0 Å². The first-order valence-corrected chi connectivity index (χ1v) is 4.41. The van der Waals surface area contributed by atoms with E-state index in [0.717, 1.165) is 0 Å². The Morgan fingerprint density at radius 3 is 1.25 bits per heavy atom. The van der Waals surface area contributed by atoms with E-state index in [1.165, 1.54) is 13.8 Å². The number of carbonyl (C=O) groups is 2. The summed E-state index contributed by atoms with van der Waals surface area (Å²) in [6.45, 7) is 1.60. The quantitative estimate of drug-likeness (QED) is 0.348. The number of aliphatic hydroxyl groups excluding tert-OH is 3. The number of nitrogens with two attached hydrogens (primary N) is 1. The molecule has 0 amide bonds.